The van der Waals surface area contributed by atoms with Gasteiger partial charge >= 0.3 is 0 Å². The second kappa shape index (κ2) is 7.72. The Morgan fingerprint density at radius 1 is 0.583 bits per heavy atom. The second-order valence-electron chi connectivity index (χ2n) is 9.79. The third kappa shape index (κ3) is 3.04. The van der Waals surface area contributed by atoms with E-state index in [4.69, 9.17) is 15.0 Å². The smallest absolute Gasteiger partial charge is 0.238 e. The van der Waals surface area contributed by atoms with Crippen LogP contribution in [0, 0.1) is 0 Å². The molecule has 0 saturated carbocycles. The number of aromatic nitrogens is 4. The van der Waals surface area contributed by atoms with Crippen molar-refractivity contribution in [3.05, 3.63) is 120 Å². The van der Waals surface area contributed by atoms with Crippen molar-refractivity contribution in [2.24, 2.45) is 0 Å². The van der Waals surface area contributed by atoms with Crippen molar-refractivity contribution in [3.63, 3.8) is 0 Å². The average molecular weight is 465 g/mol. The number of hydrogen-bond donors (Lipinski definition) is 0. The van der Waals surface area contributed by atoms with Crippen molar-refractivity contribution in [2.75, 3.05) is 0 Å². The van der Waals surface area contributed by atoms with Crippen molar-refractivity contribution in [3.8, 4) is 39.9 Å². The summed E-state index contributed by atoms with van der Waals surface area (Å²) in [6.07, 6.45) is 2.08. The summed E-state index contributed by atoms with van der Waals surface area (Å²) >= 11 is 0. The Kier molecular flexibility index (Phi) is 4.45. The summed E-state index contributed by atoms with van der Waals surface area (Å²) in [5.74, 6) is 1.94. The van der Waals surface area contributed by atoms with Crippen molar-refractivity contribution < 1.29 is 0 Å². The van der Waals surface area contributed by atoms with Crippen LogP contribution in [0.2, 0.25) is 0 Å². The molecule has 4 heteroatoms. The van der Waals surface area contributed by atoms with E-state index in [9.17, 15) is 0 Å². The van der Waals surface area contributed by atoms with Crippen LogP contribution in [0.5, 0.6) is 0 Å². The lowest BCUT2D eigenvalue weighted by atomic mass is 9.82. The molecule has 0 aliphatic heterocycles. The number of fused-ring (bicyclic) bond motifs is 5. The molecule has 1 aliphatic carbocycles. The fourth-order valence-electron chi connectivity index (χ4n) is 5.50. The molecule has 0 unspecified atom stereocenters. The molecule has 0 spiro atoms. The molecule has 0 atom stereocenters. The quantitative estimate of drug-likeness (QED) is 0.273. The monoisotopic (exact) mass is 464 g/mol. The summed E-state index contributed by atoms with van der Waals surface area (Å²) in [5.41, 5.74) is 8.34. The van der Waals surface area contributed by atoms with E-state index in [1.54, 1.807) is 0 Å². The number of rotatable bonds is 3. The summed E-state index contributed by atoms with van der Waals surface area (Å²) in [6, 6.07) is 35.6. The minimum absolute atomic E-state index is 0.0314. The average Bonchev–Trinajstić information content (AvgIpc) is 3.46. The minimum atomic E-state index is -0.0314. The van der Waals surface area contributed by atoms with Gasteiger partial charge in [0.2, 0.25) is 5.95 Å². The van der Waals surface area contributed by atoms with Gasteiger partial charge in [0.05, 0.1) is 5.52 Å². The van der Waals surface area contributed by atoms with E-state index >= 15 is 0 Å². The van der Waals surface area contributed by atoms with Gasteiger partial charge in [0.25, 0.3) is 0 Å². The first-order valence-corrected chi connectivity index (χ1v) is 12.2. The van der Waals surface area contributed by atoms with Crippen LogP contribution in [-0.2, 0) is 5.41 Å². The van der Waals surface area contributed by atoms with E-state index in [1.165, 1.54) is 27.6 Å². The Bertz CT molecular complexity index is 1690. The molecule has 2 heterocycles. The molecule has 36 heavy (non-hydrogen) atoms. The van der Waals surface area contributed by atoms with Crippen LogP contribution >= 0.6 is 0 Å². The van der Waals surface area contributed by atoms with Gasteiger partial charge in [-0.2, -0.15) is 9.97 Å². The molecule has 4 nitrogen and oxygen atoms in total. The van der Waals surface area contributed by atoms with Crippen LogP contribution in [0.4, 0.5) is 0 Å². The van der Waals surface area contributed by atoms with Crippen LogP contribution in [0.25, 0.3) is 50.8 Å². The Hall–Kier alpha value is -4.57. The standard InChI is InChI=1S/C32H24N4/c1-32(2)25-16-10-9-15-23(25)28-24-19-20-36(27(24)18-17-26(28)32)31-34-29(21-11-5-3-6-12-21)33-30(35-31)22-13-7-4-8-14-22/h3-20H,1-2H3. The summed E-state index contributed by atoms with van der Waals surface area (Å²) in [5, 5.41) is 1.22. The van der Waals surface area contributed by atoms with Crippen LogP contribution in [0.1, 0.15) is 25.0 Å². The molecular weight excluding hydrogens is 440 g/mol. The fourth-order valence-corrected chi connectivity index (χ4v) is 5.50. The third-order valence-corrected chi connectivity index (χ3v) is 7.32. The maximum atomic E-state index is 4.93. The highest BCUT2D eigenvalue weighted by Crippen LogP contribution is 2.51. The molecule has 7 rings (SSSR count). The third-order valence-electron chi connectivity index (χ3n) is 7.32. The molecule has 2 aromatic heterocycles. The summed E-state index contributed by atoms with van der Waals surface area (Å²) in [6.45, 7) is 4.62. The molecule has 0 radical (unpaired) electrons. The Morgan fingerprint density at radius 2 is 1.19 bits per heavy atom. The van der Waals surface area contributed by atoms with Gasteiger partial charge in [-0.05, 0) is 34.4 Å². The van der Waals surface area contributed by atoms with Gasteiger partial charge in [0.15, 0.2) is 11.6 Å². The van der Waals surface area contributed by atoms with Gasteiger partial charge in [0, 0.05) is 28.1 Å². The van der Waals surface area contributed by atoms with Crippen LogP contribution in [-0.4, -0.2) is 19.5 Å². The number of nitrogens with zero attached hydrogens (tertiary/aromatic N) is 4. The highest BCUT2D eigenvalue weighted by atomic mass is 15.2. The SMILES string of the molecule is CC1(C)c2ccccc2-c2c1ccc1c2ccn1-c1nc(-c2ccccc2)nc(-c2ccccc2)n1. The molecule has 6 aromatic rings. The molecule has 0 bridgehead atoms. The maximum Gasteiger partial charge on any atom is 0.238 e. The zero-order valence-electron chi connectivity index (χ0n) is 20.2. The Morgan fingerprint density at radius 3 is 1.86 bits per heavy atom. The van der Waals surface area contributed by atoms with Gasteiger partial charge in [0.1, 0.15) is 0 Å². The van der Waals surface area contributed by atoms with Crippen LogP contribution < -0.4 is 0 Å². The van der Waals surface area contributed by atoms with E-state index in [-0.39, 0.29) is 5.41 Å². The normalized spacial score (nSPS) is 13.5. The summed E-state index contributed by atoms with van der Waals surface area (Å²) in [7, 11) is 0. The van der Waals surface area contributed by atoms with Crippen LogP contribution in [0.15, 0.2) is 109 Å². The fraction of sp³-hybridized carbons (Fsp3) is 0.0938. The maximum absolute atomic E-state index is 4.93. The zero-order valence-corrected chi connectivity index (χ0v) is 20.2. The van der Waals surface area contributed by atoms with Crippen molar-refractivity contribution in [1.82, 2.24) is 19.5 Å². The van der Waals surface area contributed by atoms with Gasteiger partial charge in [-0.3, -0.25) is 4.57 Å². The lowest BCUT2D eigenvalue weighted by Gasteiger charge is -2.21. The minimum Gasteiger partial charge on any atom is -0.285 e. The molecule has 1 aliphatic rings. The molecule has 0 amide bonds. The van der Waals surface area contributed by atoms with Gasteiger partial charge in [-0.15, -0.1) is 0 Å². The van der Waals surface area contributed by atoms with Crippen molar-refractivity contribution >= 4 is 10.9 Å². The first kappa shape index (κ1) is 20.8. The predicted molar refractivity (Wildman–Crippen MR) is 145 cm³/mol. The number of hydrogen-bond acceptors (Lipinski definition) is 3. The molecule has 0 fully saturated rings. The van der Waals surface area contributed by atoms with Crippen LogP contribution in [0.3, 0.4) is 0 Å². The van der Waals surface area contributed by atoms with Crippen molar-refractivity contribution in [1.29, 1.82) is 0 Å². The molecule has 0 N–H and O–H groups in total. The topological polar surface area (TPSA) is 43.6 Å². The van der Waals surface area contributed by atoms with E-state index in [2.05, 4.69) is 67.1 Å². The molecule has 0 saturated heterocycles. The van der Waals surface area contributed by atoms with E-state index < -0.39 is 0 Å². The van der Waals surface area contributed by atoms with Gasteiger partial charge in [-0.25, -0.2) is 4.98 Å². The predicted octanol–water partition coefficient (Wildman–Crippen LogP) is 7.46. The lowest BCUT2D eigenvalue weighted by Crippen LogP contribution is -2.14. The number of benzene rings is 4. The summed E-state index contributed by atoms with van der Waals surface area (Å²) in [4.78, 5) is 14.7. The van der Waals surface area contributed by atoms with E-state index in [0.717, 1.165) is 16.6 Å². The Balaban J connectivity index is 1.47. The highest BCUT2D eigenvalue weighted by molar-refractivity contribution is 6.02. The Labute approximate surface area is 210 Å². The molecular formula is C32H24N4. The highest BCUT2D eigenvalue weighted by Gasteiger charge is 2.36. The van der Waals surface area contributed by atoms with Gasteiger partial charge < -0.3 is 0 Å². The van der Waals surface area contributed by atoms with E-state index in [0.29, 0.717) is 17.6 Å². The lowest BCUT2D eigenvalue weighted by molar-refractivity contribution is 0.661. The largest absolute Gasteiger partial charge is 0.285 e. The zero-order chi connectivity index (χ0) is 24.3. The molecule has 172 valence electrons. The van der Waals surface area contributed by atoms with Crippen molar-refractivity contribution in [2.45, 2.75) is 19.3 Å². The first-order valence-electron chi connectivity index (χ1n) is 12.2. The first-order chi connectivity index (χ1) is 17.6. The van der Waals surface area contributed by atoms with E-state index in [1.807, 2.05) is 60.7 Å². The summed E-state index contributed by atoms with van der Waals surface area (Å²) < 4.78 is 2.09. The second-order valence-corrected chi connectivity index (χ2v) is 9.79. The molecule has 4 aromatic carbocycles. The van der Waals surface area contributed by atoms with Gasteiger partial charge in [-0.1, -0.05) is 105 Å².